The van der Waals surface area contributed by atoms with Crippen LogP contribution in [0.5, 0.6) is 0 Å². The molecule has 0 bridgehead atoms. The first kappa shape index (κ1) is 8.52. The van der Waals surface area contributed by atoms with Crippen molar-refractivity contribution in [3.05, 3.63) is 29.3 Å². The van der Waals surface area contributed by atoms with Crippen molar-refractivity contribution >= 4 is 15.7 Å². The highest BCUT2D eigenvalue weighted by Gasteiger charge is 2.25. The Bertz CT molecular complexity index is 439. The van der Waals surface area contributed by atoms with Crippen LogP contribution in [0.4, 0.5) is 5.69 Å². The summed E-state index contributed by atoms with van der Waals surface area (Å²) < 4.78 is 24.7. The normalized spacial score (nSPS) is 17.9. The van der Waals surface area contributed by atoms with Gasteiger partial charge in [0.05, 0.1) is 18.0 Å². The molecule has 0 atom stereocenters. The van der Waals surface area contributed by atoms with Gasteiger partial charge in [0.2, 0.25) is 10.0 Å². The molecule has 2 rings (SSSR count). The Balaban J connectivity index is 2.57. The summed E-state index contributed by atoms with van der Waals surface area (Å²) in [6.07, 6.45) is 0. The average molecular weight is 199 g/mol. The van der Waals surface area contributed by atoms with E-state index in [9.17, 15) is 8.42 Å². The largest absolute Gasteiger partial charge is 0.392 e. The van der Waals surface area contributed by atoms with E-state index in [1.54, 1.807) is 18.2 Å². The molecule has 4 nitrogen and oxygen atoms in total. The zero-order valence-electron chi connectivity index (χ0n) is 6.82. The lowest BCUT2D eigenvalue weighted by molar-refractivity contribution is 0.281. The van der Waals surface area contributed by atoms with E-state index in [1.807, 2.05) is 0 Å². The molecule has 13 heavy (non-hydrogen) atoms. The molecule has 0 aliphatic carbocycles. The summed E-state index contributed by atoms with van der Waals surface area (Å²) >= 11 is 0. The molecule has 0 fully saturated rings. The summed E-state index contributed by atoms with van der Waals surface area (Å²) in [5, 5.41) is 8.95. The molecule has 0 amide bonds. The summed E-state index contributed by atoms with van der Waals surface area (Å²) in [5.41, 5.74) is 1.95. The van der Waals surface area contributed by atoms with Crippen LogP contribution in [0.3, 0.4) is 0 Å². The van der Waals surface area contributed by atoms with Gasteiger partial charge in [-0.15, -0.1) is 0 Å². The van der Waals surface area contributed by atoms with E-state index in [-0.39, 0.29) is 12.4 Å². The van der Waals surface area contributed by atoms with Crippen LogP contribution in [0.25, 0.3) is 0 Å². The van der Waals surface area contributed by atoms with Crippen molar-refractivity contribution < 1.29 is 13.5 Å². The van der Waals surface area contributed by atoms with Crippen molar-refractivity contribution in [1.29, 1.82) is 0 Å². The van der Waals surface area contributed by atoms with E-state index in [1.165, 1.54) is 0 Å². The van der Waals surface area contributed by atoms with Crippen molar-refractivity contribution in [2.45, 2.75) is 12.4 Å². The van der Waals surface area contributed by atoms with Gasteiger partial charge in [-0.1, -0.05) is 12.1 Å². The Kier molecular flexibility index (Phi) is 1.78. The van der Waals surface area contributed by atoms with Gasteiger partial charge in [0.25, 0.3) is 0 Å². The molecule has 0 radical (unpaired) electrons. The average Bonchev–Trinajstić information content (AvgIpc) is 2.37. The molecule has 0 saturated carbocycles. The molecule has 1 aliphatic heterocycles. The highest BCUT2D eigenvalue weighted by molar-refractivity contribution is 7.92. The number of nitrogens with one attached hydrogen (secondary N) is 1. The number of sulfonamides is 1. The van der Waals surface area contributed by atoms with E-state index in [2.05, 4.69) is 4.72 Å². The van der Waals surface area contributed by atoms with Crippen LogP contribution in [0, 0.1) is 0 Å². The Morgan fingerprint density at radius 3 is 2.92 bits per heavy atom. The molecule has 70 valence electrons. The molecule has 2 N–H and O–H groups in total. The molecule has 5 heteroatoms. The number of benzene rings is 1. The van der Waals surface area contributed by atoms with Crippen LogP contribution < -0.4 is 4.72 Å². The first-order valence-electron chi connectivity index (χ1n) is 3.84. The summed E-state index contributed by atoms with van der Waals surface area (Å²) in [4.78, 5) is 0. The summed E-state index contributed by atoms with van der Waals surface area (Å²) in [6, 6.07) is 5.14. The van der Waals surface area contributed by atoms with Crippen LogP contribution >= 0.6 is 0 Å². The van der Waals surface area contributed by atoms with Gasteiger partial charge in [0.1, 0.15) is 0 Å². The number of hydrogen-bond acceptors (Lipinski definition) is 3. The maximum atomic E-state index is 11.2. The molecular weight excluding hydrogens is 190 g/mol. The van der Waals surface area contributed by atoms with E-state index in [0.29, 0.717) is 16.8 Å². The van der Waals surface area contributed by atoms with E-state index in [4.69, 9.17) is 5.11 Å². The number of rotatable bonds is 1. The minimum absolute atomic E-state index is 0.0287. The second kappa shape index (κ2) is 2.71. The quantitative estimate of drug-likeness (QED) is 0.689. The van der Waals surface area contributed by atoms with Gasteiger partial charge in [-0.05, 0) is 17.2 Å². The number of hydrogen-bond donors (Lipinski definition) is 2. The third kappa shape index (κ3) is 1.40. The number of fused-ring (bicyclic) bond motifs is 1. The third-order valence-electron chi connectivity index (χ3n) is 2.04. The maximum absolute atomic E-state index is 11.2. The SMILES string of the molecule is O=S1(=O)Cc2c(CO)cccc2N1. The number of anilines is 1. The zero-order valence-corrected chi connectivity index (χ0v) is 7.63. The minimum atomic E-state index is -3.20. The second-order valence-electron chi connectivity index (χ2n) is 2.96. The summed E-state index contributed by atoms with van der Waals surface area (Å²) in [7, 11) is -3.20. The van der Waals surface area contributed by atoms with Gasteiger partial charge in [0, 0.05) is 0 Å². The number of aliphatic hydroxyl groups is 1. The van der Waals surface area contributed by atoms with Gasteiger partial charge >= 0.3 is 0 Å². The van der Waals surface area contributed by atoms with Gasteiger partial charge in [-0.25, -0.2) is 8.42 Å². The summed E-state index contributed by atoms with van der Waals surface area (Å²) in [6.45, 7) is -0.125. The van der Waals surface area contributed by atoms with Gasteiger partial charge < -0.3 is 5.11 Å². The lowest BCUT2D eigenvalue weighted by atomic mass is 10.1. The fraction of sp³-hybridized carbons (Fsp3) is 0.250. The highest BCUT2D eigenvalue weighted by atomic mass is 32.2. The zero-order chi connectivity index (χ0) is 9.47. The molecule has 1 aromatic rings. The Morgan fingerprint density at radius 1 is 1.46 bits per heavy atom. The molecule has 0 spiro atoms. The Morgan fingerprint density at radius 2 is 2.23 bits per heavy atom. The van der Waals surface area contributed by atoms with Crippen molar-refractivity contribution in [2.75, 3.05) is 4.72 Å². The molecule has 1 aromatic carbocycles. The maximum Gasteiger partial charge on any atom is 0.237 e. The van der Waals surface area contributed by atoms with E-state index >= 15 is 0 Å². The first-order valence-corrected chi connectivity index (χ1v) is 5.50. The lowest BCUT2D eigenvalue weighted by Crippen LogP contribution is -2.05. The van der Waals surface area contributed by atoms with Crippen molar-refractivity contribution in [3.63, 3.8) is 0 Å². The molecule has 0 saturated heterocycles. The van der Waals surface area contributed by atoms with Crippen molar-refractivity contribution in [1.82, 2.24) is 0 Å². The van der Waals surface area contributed by atoms with Gasteiger partial charge in [0.15, 0.2) is 0 Å². The van der Waals surface area contributed by atoms with Crippen LogP contribution in [0.15, 0.2) is 18.2 Å². The Labute approximate surface area is 76.3 Å². The highest BCUT2D eigenvalue weighted by Crippen LogP contribution is 2.29. The first-order chi connectivity index (χ1) is 6.12. The molecule has 1 heterocycles. The molecule has 0 aromatic heterocycles. The lowest BCUT2D eigenvalue weighted by Gasteiger charge is -2.01. The minimum Gasteiger partial charge on any atom is -0.392 e. The smallest absolute Gasteiger partial charge is 0.237 e. The van der Waals surface area contributed by atoms with Crippen molar-refractivity contribution in [2.24, 2.45) is 0 Å². The fourth-order valence-corrected chi connectivity index (χ4v) is 2.76. The predicted molar refractivity (Wildman–Crippen MR) is 48.6 cm³/mol. The van der Waals surface area contributed by atoms with Crippen LogP contribution in [-0.4, -0.2) is 13.5 Å². The van der Waals surface area contributed by atoms with Crippen LogP contribution in [-0.2, 0) is 22.4 Å². The van der Waals surface area contributed by atoms with Crippen molar-refractivity contribution in [3.8, 4) is 0 Å². The third-order valence-corrected chi connectivity index (χ3v) is 3.24. The molecule has 1 aliphatic rings. The van der Waals surface area contributed by atoms with E-state index < -0.39 is 10.0 Å². The Hall–Kier alpha value is -1.07. The number of aliphatic hydroxyl groups excluding tert-OH is 1. The fourth-order valence-electron chi connectivity index (χ4n) is 1.44. The van der Waals surface area contributed by atoms with Crippen LogP contribution in [0.1, 0.15) is 11.1 Å². The predicted octanol–water partition coefficient (Wildman–Crippen LogP) is 0.434. The standard InChI is InChI=1S/C8H9NO3S/c10-4-6-2-1-3-8-7(6)5-13(11,12)9-8/h1-3,9-10H,4-5H2. The van der Waals surface area contributed by atoms with Gasteiger partial charge in [-0.3, -0.25) is 4.72 Å². The van der Waals surface area contributed by atoms with E-state index in [0.717, 1.165) is 0 Å². The summed E-state index contributed by atoms with van der Waals surface area (Å²) in [5.74, 6) is -0.0287. The second-order valence-corrected chi connectivity index (χ2v) is 4.68. The van der Waals surface area contributed by atoms with Gasteiger partial charge in [-0.2, -0.15) is 0 Å². The topological polar surface area (TPSA) is 66.4 Å². The van der Waals surface area contributed by atoms with Crippen LogP contribution in [0.2, 0.25) is 0 Å². The molecular formula is C8H9NO3S. The molecule has 0 unspecified atom stereocenters. The monoisotopic (exact) mass is 199 g/mol.